The molecule has 3 nitrogen and oxygen atoms in total. The Bertz CT molecular complexity index is 672. The number of carbonyl (C=O) groups excluding carboxylic acids is 1. The molecule has 23 heavy (non-hydrogen) atoms. The highest BCUT2D eigenvalue weighted by atomic mass is 35.5. The Morgan fingerprint density at radius 3 is 2.61 bits per heavy atom. The number of amides is 1. The van der Waals surface area contributed by atoms with Crippen molar-refractivity contribution in [3.8, 4) is 0 Å². The van der Waals surface area contributed by atoms with Crippen LogP contribution in [-0.4, -0.2) is 17.6 Å². The minimum absolute atomic E-state index is 0.0835. The summed E-state index contributed by atoms with van der Waals surface area (Å²) in [6.45, 7) is 3.92. The van der Waals surface area contributed by atoms with Gasteiger partial charge in [-0.15, -0.1) is 0 Å². The van der Waals surface area contributed by atoms with Crippen molar-refractivity contribution in [3.05, 3.63) is 70.2 Å². The summed E-state index contributed by atoms with van der Waals surface area (Å²) in [5.74, 6) is 0.0367. The average Bonchev–Trinajstić information content (AvgIpc) is 2.52. The molecule has 2 rings (SSSR count). The van der Waals surface area contributed by atoms with Gasteiger partial charge in [0.15, 0.2) is 0 Å². The monoisotopic (exact) mass is 331 g/mol. The summed E-state index contributed by atoms with van der Waals surface area (Å²) in [6, 6.07) is 14.8. The number of hydrogen-bond donors (Lipinski definition) is 2. The molecule has 0 aliphatic carbocycles. The molecule has 2 N–H and O–H groups in total. The van der Waals surface area contributed by atoms with Crippen molar-refractivity contribution in [1.82, 2.24) is 5.32 Å². The average molecular weight is 332 g/mol. The van der Waals surface area contributed by atoms with Crippen LogP contribution in [0.1, 0.15) is 42.0 Å². The number of aliphatic hydroxyl groups excluding tert-OH is 1. The van der Waals surface area contributed by atoms with Crippen LogP contribution < -0.4 is 5.32 Å². The van der Waals surface area contributed by atoms with Crippen molar-refractivity contribution in [2.45, 2.75) is 32.2 Å². The van der Waals surface area contributed by atoms with Crippen LogP contribution in [-0.2, 0) is 4.79 Å². The van der Waals surface area contributed by atoms with Crippen LogP contribution in [0, 0.1) is 6.92 Å². The molecule has 0 aliphatic heterocycles. The zero-order chi connectivity index (χ0) is 16.8. The molecule has 0 spiro atoms. The molecule has 0 saturated carbocycles. The van der Waals surface area contributed by atoms with Crippen LogP contribution in [0.15, 0.2) is 48.5 Å². The predicted octanol–water partition coefficient (Wildman–Crippen LogP) is 3.99. The van der Waals surface area contributed by atoms with E-state index in [1.165, 1.54) is 11.1 Å². The summed E-state index contributed by atoms with van der Waals surface area (Å²) in [6.07, 6.45) is 0.377. The van der Waals surface area contributed by atoms with Crippen molar-refractivity contribution < 1.29 is 9.90 Å². The fraction of sp³-hybridized carbons (Fsp3) is 0.316. The minimum Gasteiger partial charge on any atom is -0.394 e. The summed E-state index contributed by atoms with van der Waals surface area (Å²) >= 11 is 5.97. The maximum Gasteiger partial charge on any atom is 0.221 e. The van der Waals surface area contributed by atoms with Gasteiger partial charge in [-0.1, -0.05) is 54.9 Å². The normalized spacial score (nSPS) is 13.4. The van der Waals surface area contributed by atoms with E-state index in [4.69, 9.17) is 11.6 Å². The number of rotatable bonds is 6. The standard InChI is InChI=1S/C19H22ClNO2/c1-13-6-3-4-9-17(13)14(2)10-19(23)21-18(12-22)15-7-5-8-16(20)11-15/h3-9,11,14,18,22H,10,12H2,1-2H3,(H,21,23). The Morgan fingerprint density at radius 2 is 1.96 bits per heavy atom. The van der Waals surface area contributed by atoms with Crippen LogP contribution in [0.5, 0.6) is 0 Å². The largest absolute Gasteiger partial charge is 0.394 e. The summed E-state index contributed by atoms with van der Waals surface area (Å²) < 4.78 is 0. The molecule has 0 heterocycles. The van der Waals surface area contributed by atoms with E-state index in [0.717, 1.165) is 5.56 Å². The first-order valence-corrected chi connectivity index (χ1v) is 8.10. The zero-order valence-electron chi connectivity index (χ0n) is 13.4. The van der Waals surface area contributed by atoms with E-state index in [2.05, 4.69) is 5.32 Å². The third-order valence-corrected chi connectivity index (χ3v) is 4.21. The molecular formula is C19H22ClNO2. The molecule has 0 saturated heterocycles. The SMILES string of the molecule is Cc1ccccc1C(C)CC(=O)NC(CO)c1cccc(Cl)c1. The molecule has 0 bridgehead atoms. The quantitative estimate of drug-likeness (QED) is 0.840. The number of nitrogens with one attached hydrogen (secondary N) is 1. The van der Waals surface area contributed by atoms with E-state index in [0.29, 0.717) is 11.4 Å². The minimum atomic E-state index is -0.440. The van der Waals surface area contributed by atoms with Gasteiger partial charge in [0.2, 0.25) is 5.91 Å². The molecule has 122 valence electrons. The van der Waals surface area contributed by atoms with Crippen molar-refractivity contribution in [1.29, 1.82) is 0 Å². The Morgan fingerprint density at radius 1 is 1.22 bits per heavy atom. The summed E-state index contributed by atoms with van der Waals surface area (Å²) in [5, 5.41) is 13.0. The van der Waals surface area contributed by atoms with Gasteiger partial charge in [0.25, 0.3) is 0 Å². The van der Waals surface area contributed by atoms with Gasteiger partial charge >= 0.3 is 0 Å². The summed E-state index contributed by atoms with van der Waals surface area (Å²) in [4.78, 5) is 12.3. The number of hydrogen-bond acceptors (Lipinski definition) is 2. The highest BCUT2D eigenvalue weighted by molar-refractivity contribution is 6.30. The van der Waals surface area contributed by atoms with Gasteiger partial charge < -0.3 is 10.4 Å². The van der Waals surface area contributed by atoms with Gasteiger partial charge in [0.1, 0.15) is 0 Å². The van der Waals surface area contributed by atoms with Gasteiger partial charge in [0.05, 0.1) is 12.6 Å². The molecule has 0 aromatic heterocycles. The molecule has 0 radical (unpaired) electrons. The highest BCUT2D eigenvalue weighted by Gasteiger charge is 2.17. The van der Waals surface area contributed by atoms with E-state index in [1.54, 1.807) is 12.1 Å². The highest BCUT2D eigenvalue weighted by Crippen LogP contribution is 2.23. The van der Waals surface area contributed by atoms with Crippen molar-refractivity contribution in [3.63, 3.8) is 0 Å². The third-order valence-electron chi connectivity index (χ3n) is 3.98. The van der Waals surface area contributed by atoms with E-state index >= 15 is 0 Å². The van der Waals surface area contributed by atoms with E-state index in [1.807, 2.05) is 50.2 Å². The lowest BCUT2D eigenvalue weighted by atomic mass is 9.93. The van der Waals surface area contributed by atoms with Crippen molar-refractivity contribution in [2.75, 3.05) is 6.61 Å². The topological polar surface area (TPSA) is 49.3 Å². The summed E-state index contributed by atoms with van der Waals surface area (Å²) in [5.41, 5.74) is 3.16. The van der Waals surface area contributed by atoms with Gasteiger partial charge in [-0.3, -0.25) is 4.79 Å². The van der Waals surface area contributed by atoms with Crippen molar-refractivity contribution in [2.24, 2.45) is 0 Å². The second-order valence-electron chi connectivity index (χ2n) is 5.82. The first-order valence-electron chi connectivity index (χ1n) is 7.72. The Labute approximate surface area is 142 Å². The molecule has 2 aromatic rings. The number of aryl methyl sites for hydroxylation is 1. The lowest BCUT2D eigenvalue weighted by Gasteiger charge is -2.19. The fourth-order valence-electron chi connectivity index (χ4n) is 2.74. The van der Waals surface area contributed by atoms with Crippen molar-refractivity contribution >= 4 is 17.5 Å². The zero-order valence-corrected chi connectivity index (χ0v) is 14.2. The number of aliphatic hydroxyl groups is 1. The van der Waals surface area contributed by atoms with E-state index < -0.39 is 6.04 Å². The van der Waals surface area contributed by atoms with Gasteiger partial charge in [-0.25, -0.2) is 0 Å². The predicted molar refractivity (Wildman–Crippen MR) is 93.6 cm³/mol. The molecule has 2 aromatic carbocycles. The number of benzene rings is 2. The fourth-order valence-corrected chi connectivity index (χ4v) is 2.94. The lowest BCUT2D eigenvalue weighted by Crippen LogP contribution is -2.31. The van der Waals surface area contributed by atoms with Gasteiger partial charge in [0, 0.05) is 11.4 Å². The molecule has 1 amide bonds. The molecule has 4 heteroatoms. The first kappa shape index (κ1) is 17.5. The van der Waals surface area contributed by atoms with E-state index in [9.17, 15) is 9.90 Å². The Hall–Kier alpha value is -1.84. The third kappa shape index (κ3) is 4.81. The molecule has 0 aliphatic rings. The number of carbonyl (C=O) groups is 1. The Kier molecular flexibility index (Phi) is 6.20. The molecule has 0 fully saturated rings. The molecule has 2 atom stereocenters. The number of halogens is 1. The molecule has 2 unspecified atom stereocenters. The smallest absolute Gasteiger partial charge is 0.221 e. The Balaban J connectivity index is 2.02. The second-order valence-corrected chi connectivity index (χ2v) is 6.26. The maximum absolute atomic E-state index is 12.3. The van der Waals surface area contributed by atoms with Crippen LogP contribution >= 0.6 is 11.6 Å². The van der Waals surface area contributed by atoms with E-state index in [-0.39, 0.29) is 18.4 Å². The maximum atomic E-state index is 12.3. The second kappa shape index (κ2) is 8.14. The first-order chi connectivity index (χ1) is 11.0. The molecular weight excluding hydrogens is 310 g/mol. The van der Waals surface area contributed by atoms with Crippen LogP contribution in [0.25, 0.3) is 0 Å². The van der Waals surface area contributed by atoms with Crippen LogP contribution in [0.4, 0.5) is 0 Å². The van der Waals surface area contributed by atoms with Gasteiger partial charge in [-0.2, -0.15) is 0 Å². The van der Waals surface area contributed by atoms with Gasteiger partial charge in [-0.05, 0) is 41.7 Å². The lowest BCUT2D eigenvalue weighted by molar-refractivity contribution is -0.122. The van der Waals surface area contributed by atoms with Crippen LogP contribution in [0.3, 0.4) is 0 Å². The van der Waals surface area contributed by atoms with Crippen LogP contribution in [0.2, 0.25) is 5.02 Å². The summed E-state index contributed by atoms with van der Waals surface area (Å²) in [7, 11) is 0.